The van der Waals surface area contributed by atoms with Gasteiger partial charge in [0.2, 0.25) is 0 Å². The number of nitrogens with one attached hydrogen (secondary N) is 2. The smallest absolute Gasteiger partial charge is 0.271 e. The van der Waals surface area contributed by atoms with Gasteiger partial charge in [-0.1, -0.05) is 40.9 Å². The van der Waals surface area contributed by atoms with Crippen LogP contribution in [0.2, 0.25) is 10.0 Å². The van der Waals surface area contributed by atoms with Crippen molar-refractivity contribution in [3.05, 3.63) is 87.4 Å². The van der Waals surface area contributed by atoms with E-state index in [1.54, 1.807) is 48.5 Å². The summed E-state index contributed by atoms with van der Waals surface area (Å²) >= 11 is 12.2. The Balaban J connectivity index is 1.62. The molecule has 0 radical (unpaired) electrons. The molecule has 0 aromatic heterocycles. The summed E-state index contributed by atoms with van der Waals surface area (Å²) in [7, 11) is 1.45. The van der Waals surface area contributed by atoms with Gasteiger partial charge in [-0.15, -0.1) is 0 Å². The van der Waals surface area contributed by atoms with E-state index in [9.17, 15) is 9.59 Å². The predicted molar refractivity (Wildman–Crippen MR) is 130 cm³/mol. The second-order valence-electron chi connectivity index (χ2n) is 6.94. The van der Waals surface area contributed by atoms with Gasteiger partial charge >= 0.3 is 0 Å². The fraction of sp³-hybridized carbons (Fsp3) is 0.125. The number of hydrogen-bond donors (Lipinski definition) is 2. The standard InChI is InChI=1S/C24H21Cl2N3O4/c1-15-3-5-17(6-4-15)24(31)29-27-13-16-11-20(26)23(21(12-16)32-2)33-14-22(30)28-19-9-7-18(25)8-10-19/h3-13H,14H2,1-2H3,(H,28,30)(H,29,31)/b27-13+. The van der Waals surface area contributed by atoms with Crippen LogP contribution >= 0.6 is 23.2 Å². The van der Waals surface area contributed by atoms with Crippen LogP contribution in [0, 0.1) is 6.92 Å². The third kappa shape index (κ3) is 6.97. The van der Waals surface area contributed by atoms with E-state index in [0.29, 0.717) is 27.6 Å². The maximum absolute atomic E-state index is 12.2. The van der Waals surface area contributed by atoms with Gasteiger partial charge < -0.3 is 14.8 Å². The third-order valence-corrected chi connectivity index (χ3v) is 4.95. The minimum absolute atomic E-state index is 0.214. The molecule has 3 aromatic carbocycles. The summed E-state index contributed by atoms with van der Waals surface area (Å²) in [5, 5.41) is 7.45. The Kier molecular flexibility index (Phi) is 8.29. The number of rotatable bonds is 8. The molecule has 170 valence electrons. The molecular weight excluding hydrogens is 465 g/mol. The molecule has 33 heavy (non-hydrogen) atoms. The Bertz CT molecular complexity index is 1160. The fourth-order valence-electron chi connectivity index (χ4n) is 2.76. The zero-order valence-corrected chi connectivity index (χ0v) is 19.4. The molecule has 0 aliphatic carbocycles. The molecule has 0 fully saturated rings. The number of benzene rings is 3. The number of hydrogen-bond acceptors (Lipinski definition) is 5. The zero-order valence-electron chi connectivity index (χ0n) is 17.9. The van der Waals surface area contributed by atoms with E-state index in [0.717, 1.165) is 5.56 Å². The summed E-state index contributed by atoms with van der Waals surface area (Å²) in [6, 6.07) is 17.0. The highest BCUT2D eigenvalue weighted by Gasteiger charge is 2.14. The Morgan fingerprint density at radius 3 is 2.39 bits per heavy atom. The van der Waals surface area contributed by atoms with Crippen LogP contribution in [-0.2, 0) is 4.79 Å². The first-order chi connectivity index (χ1) is 15.9. The van der Waals surface area contributed by atoms with Crippen LogP contribution < -0.4 is 20.2 Å². The van der Waals surface area contributed by atoms with E-state index in [1.165, 1.54) is 13.3 Å². The van der Waals surface area contributed by atoms with Crippen molar-refractivity contribution in [3.8, 4) is 11.5 Å². The summed E-state index contributed by atoms with van der Waals surface area (Å²) in [6.45, 7) is 1.66. The van der Waals surface area contributed by atoms with Crippen LogP contribution in [0.3, 0.4) is 0 Å². The van der Waals surface area contributed by atoms with E-state index < -0.39 is 0 Å². The predicted octanol–water partition coefficient (Wildman–Crippen LogP) is 5.09. The van der Waals surface area contributed by atoms with Crippen LogP contribution in [0.1, 0.15) is 21.5 Å². The minimum atomic E-state index is -0.375. The van der Waals surface area contributed by atoms with Crippen molar-refractivity contribution in [2.24, 2.45) is 5.10 Å². The van der Waals surface area contributed by atoms with Crippen LogP contribution in [0.5, 0.6) is 11.5 Å². The Labute approximate surface area is 201 Å². The number of halogens is 2. The Morgan fingerprint density at radius 1 is 1.03 bits per heavy atom. The van der Waals surface area contributed by atoms with Gasteiger partial charge in [-0.25, -0.2) is 5.43 Å². The minimum Gasteiger partial charge on any atom is -0.493 e. The van der Waals surface area contributed by atoms with Crippen molar-refractivity contribution in [2.75, 3.05) is 19.0 Å². The van der Waals surface area contributed by atoms with Gasteiger partial charge in [0, 0.05) is 16.3 Å². The SMILES string of the molecule is COc1cc(/C=N/NC(=O)c2ccc(C)cc2)cc(Cl)c1OCC(=O)Nc1ccc(Cl)cc1. The monoisotopic (exact) mass is 485 g/mol. The molecule has 9 heteroatoms. The third-order valence-electron chi connectivity index (χ3n) is 4.42. The molecule has 0 aliphatic rings. The number of ether oxygens (including phenoxy) is 2. The molecule has 0 atom stereocenters. The van der Waals surface area contributed by atoms with Crippen LogP contribution in [0.15, 0.2) is 65.8 Å². The topological polar surface area (TPSA) is 89.0 Å². The number of aryl methyl sites for hydroxylation is 1. The highest BCUT2D eigenvalue weighted by Crippen LogP contribution is 2.36. The molecular formula is C24H21Cl2N3O4. The summed E-state index contributed by atoms with van der Waals surface area (Å²) in [5.74, 6) is -0.185. The van der Waals surface area contributed by atoms with Gasteiger partial charge in [-0.3, -0.25) is 9.59 Å². The summed E-state index contributed by atoms with van der Waals surface area (Å²) in [5.41, 5.74) is 5.17. The number of hydrazone groups is 1. The molecule has 2 amide bonds. The second-order valence-corrected chi connectivity index (χ2v) is 7.79. The van der Waals surface area contributed by atoms with Crippen LogP contribution in [-0.4, -0.2) is 31.7 Å². The van der Waals surface area contributed by atoms with Crippen molar-refractivity contribution >= 4 is 46.9 Å². The van der Waals surface area contributed by atoms with Gasteiger partial charge in [0.05, 0.1) is 18.3 Å². The number of amides is 2. The van der Waals surface area contributed by atoms with Crippen molar-refractivity contribution in [2.45, 2.75) is 6.92 Å². The zero-order chi connectivity index (χ0) is 23.8. The first kappa shape index (κ1) is 24.1. The van der Waals surface area contributed by atoms with E-state index in [1.807, 2.05) is 19.1 Å². The van der Waals surface area contributed by atoms with Gasteiger partial charge in [-0.2, -0.15) is 5.10 Å². The van der Waals surface area contributed by atoms with Crippen molar-refractivity contribution in [3.63, 3.8) is 0 Å². The summed E-state index contributed by atoms with van der Waals surface area (Å²) in [4.78, 5) is 24.3. The first-order valence-electron chi connectivity index (χ1n) is 9.81. The average molecular weight is 486 g/mol. The summed E-state index contributed by atoms with van der Waals surface area (Å²) in [6.07, 6.45) is 1.43. The largest absolute Gasteiger partial charge is 0.493 e. The highest BCUT2D eigenvalue weighted by molar-refractivity contribution is 6.32. The van der Waals surface area contributed by atoms with E-state index in [4.69, 9.17) is 32.7 Å². The molecule has 7 nitrogen and oxygen atoms in total. The van der Waals surface area contributed by atoms with Gasteiger partial charge in [0.15, 0.2) is 18.1 Å². The highest BCUT2D eigenvalue weighted by atomic mass is 35.5. The molecule has 0 spiro atoms. The lowest BCUT2D eigenvalue weighted by Crippen LogP contribution is -2.20. The number of nitrogens with zero attached hydrogens (tertiary/aromatic N) is 1. The van der Waals surface area contributed by atoms with Crippen molar-refractivity contribution in [1.82, 2.24) is 5.43 Å². The van der Waals surface area contributed by atoms with Gasteiger partial charge in [0.25, 0.3) is 11.8 Å². The van der Waals surface area contributed by atoms with E-state index >= 15 is 0 Å². The van der Waals surface area contributed by atoms with Crippen molar-refractivity contribution in [1.29, 1.82) is 0 Å². The average Bonchev–Trinajstić information content (AvgIpc) is 2.80. The van der Waals surface area contributed by atoms with E-state index in [-0.39, 0.29) is 29.2 Å². The molecule has 2 N–H and O–H groups in total. The van der Waals surface area contributed by atoms with Gasteiger partial charge in [-0.05, 0) is 61.0 Å². The molecule has 0 heterocycles. The first-order valence-corrected chi connectivity index (χ1v) is 10.6. The van der Waals surface area contributed by atoms with Crippen LogP contribution in [0.4, 0.5) is 5.69 Å². The number of methoxy groups -OCH3 is 1. The molecule has 0 bridgehead atoms. The Morgan fingerprint density at radius 2 is 1.73 bits per heavy atom. The second kappa shape index (κ2) is 11.4. The van der Waals surface area contributed by atoms with Crippen molar-refractivity contribution < 1.29 is 19.1 Å². The molecule has 0 aliphatic heterocycles. The van der Waals surface area contributed by atoms with Gasteiger partial charge in [0.1, 0.15) is 0 Å². The molecule has 0 unspecified atom stereocenters. The summed E-state index contributed by atoms with van der Waals surface area (Å²) < 4.78 is 10.9. The lowest BCUT2D eigenvalue weighted by atomic mass is 10.1. The number of carbonyl (C=O) groups excluding carboxylic acids is 2. The quantitative estimate of drug-likeness (QED) is 0.343. The number of carbonyl (C=O) groups is 2. The molecule has 0 saturated heterocycles. The maximum atomic E-state index is 12.2. The number of anilines is 1. The lowest BCUT2D eigenvalue weighted by Gasteiger charge is -2.13. The molecule has 3 rings (SSSR count). The molecule has 0 saturated carbocycles. The fourth-order valence-corrected chi connectivity index (χ4v) is 3.16. The van der Waals surface area contributed by atoms with Crippen LogP contribution in [0.25, 0.3) is 0 Å². The maximum Gasteiger partial charge on any atom is 0.271 e. The normalized spacial score (nSPS) is 10.7. The Hall–Kier alpha value is -3.55. The molecule has 3 aromatic rings. The van der Waals surface area contributed by atoms with E-state index in [2.05, 4.69) is 15.8 Å². The lowest BCUT2D eigenvalue weighted by molar-refractivity contribution is -0.118.